The van der Waals surface area contributed by atoms with Crippen LogP contribution in [0.2, 0.25) is 0 Å². The lowest BCUT2D eigenvalue weighted by atomic mass is 10.1. The Morgan fingerprint density at radius 3 is 2.48 bits per heavy atom. The summed E-state index contributed by atoms with van der Waals surface area (Å²) in [5, 5.41) is 14.7. The van der Waals surface area contributed by atoms with E-state index < -0.39 is 5.82 Å². The van der Waals surface area contributed by atoms with Gasteiger partial charge in [-0.2, -0.15) is 5.10 Å². The molecule has 0 atom stereocenters. The van der Waals surface area contributed by atoms with Gasteiger partial charge in [0.2, 0.25) is 0 Å². The number of phenols is 1. The molecular weight excluding hydrogens is 343 g/mol. The highest BCUT2D eigenvalue weighted by atomic mass is 19.1. The Morgan fingerprint density at radius 2 is 1.63 bits per heavy atom. The summed E-state index contributed by atoms with van der Waals surface area (Å²) in [6.07, 6.45) is 1.50. The van der Waals surface area contributed by atoms with E-state index >= 15 is 0 Å². The van der Waals surface area contributed by atoms with Crippen molar-refractivity contribution in [3.63, 3.8) is 0 Å². The molecule has 0 aliphatic heterocycles. The van der Waals surface area contributed by atoms with E-state index in [1.807, 2.05) is 24.3 Å². The first kappa shape index (κ1) is 16.7. The number of benzene rings is 3. The van der Waals surface area contributed by atoms with E-state index in [9.17, 15) is 9.50 Å². The van der Waals surface area contributed by atoms with Crippen molar-refractivity contribution in [2.75, 3.05) is 5.43 Å². The van der Waals surface area contributed by atoms with Crippen LogP contribution in [0.5, 0.6) is 5.75 Å². The van der Waals surface area contributed by atoms with E-state index in [1.165, 1.54) is 12.3 Å². The Hall–Kier alpha value is -3.80. The number of phenolic OH excluding ortho intramolecular Hbond substituents is 1. The summed E-state index contributed by atoms with van der Waals surface area (Å²) in [7, 11) is 0. The molecular formula is C21H15FN4O. The van der Waals surface area contributed by atoms with Gasteiger partial charge in [-0.15, -0.1) is 0 Å². The van der Waals surface area contributed by atoms with Crippen LogP contribution in [0.15, 0.2) is 77.9 Å². The summed E-state index contributed by atoms with van der Waals surface area (Å²) >= 11 is 0. The van der Waals surface area contributed by atoms with Gasteiger partial charge in [-0.25, -0.2) is 14.4 Å². The minimum Gasteiger partial charge on any atom is -0.507 e. The second kappa shape index (κ2) is 7.21. The first-order chi connectivity index (χ1) is 13.2. The molecule has 1 aromatic heterocycles. The van der Waals surface area contributed by atoms with Crippen LogP contribution in [0.3, 0.4) is 0 Å². The number of aromatic nitrogens is 2. The minimum atomic E-state index is -0.392. The van der Waals surface area contributed by atoms with Gasteiger partial charge in [0.15, 0.2) is 11.6 Å². The van der Waals surface area contributed by atoms with Crippen molar-refractivity contribution in [1.29, 1.82) is 0 Å². The molecule has 5 nitrogen and oxygen atoms in total. The predicted octanol–water partition coefficient (Wildman–Crippen LogP) is 4.59. The molecule has 3 aromatic carbocycles. The van der Waals surface area contributed by atoms with E-state index in [4.69, 9.17) is 0 Å². The highest BCUT2D eigenvalue weighted by molar-refractivity contribution is 5.91. The van der Waals surface area contributed by atoms with Gasteiger partial charge >= 0.3 is 0 Å². The molecule has 0 amide bonds. The maximum absolute atomic E-state index is 14.2. The van der Waals surface area contributed by atoms with Gasteiger partial charge < -0.3 is 5.11 Å². The second-order valence-electron chi connectivity index (χ2n) is 5.82. The molecule has 6 heteroatoms. The fourth-order valence-corrected chi connectivity index (χ4v) is 2.68. The van der Waals surface area contributed by atoms with Gasteiger partial charge in [0.25, 0.3) is 0 Å². The molecule has 0 spiro atoms. The van der Waals surface area contributed by atoms with Crippen LogP contribution in [-0.2, 0) is 0 Å². The standard InChI is InChI=1S/C21H15FN4O/c22-17-10-4-2-8-15(17)20-24-18-11-5-3-9-16(18)21(25-20)26-23-13-14-7-1-6-12-19(14)27/h1-13,27H,(H,24,25,26)/b23-13-. The number of hydrazone groups is 1. The lowest BCUT2D eigenvalue weighted by molar-refractivity contribution is 0.474. The number of rotatable bonds is 4. The Labute approximate surface area is 154 Å². The third-order valence-corrected chi connectivity index (χ3v) is 4.03. The molecule has 4 rings (SSSR count). The third kappa shape index (κ3) is 3.46. The van der Waals surface area contributed by atoms with Crippen LogP contribution in [0, 0.1) is 5.82 Å². The van der Waals surface area contributed by atoms with Gasteiger partial charge in [-0.05, 0) is 36.4 Å². The summed E-state index contributed by atoms with van der Waals surface area (Å²) < 4.78 is 14.2. The largest absolute Gasteiger partial charge is 0.507 e. The average molecular weight is 358 g/mol. The van der Waals surface area contributed by atoms with E-state index in [0.717, 1.165) is 5.39 Å². The molecule has 0 radical (unpaired) electrons. The fraction of sp³-hybridized carbons (Fsp3) is 0. The summed E-state index contributed by atoms with van der Waals surface area (Å²) in [5.74, 6) is 0.455. The molecule has 132 valence electrons. The Balaban J connectivity index is 1.75. The topological polar surface area (TPSA) is 70.4 Å². The second-order valence-corrected chi connectivity index (χ2v) is 5.82. The van der Waals surface area contributed by atoms with E-state index in [2.05, 4.69) is 20.5 Å². The van der Waals surface area contributed by atoms with E-state index in [-0.39, 0.29) is 11.6 Å². The van der Waals surface area contributed by atoms with Gasteiger partial charge in [-0.1, -0.05) is 36.4 Å². The van der Waals surface area contributed by atoms with Crippen LogP contribution < -0.4 is 5.43 Å². The predicted molar refractivity (Wildman–Crippen MR) is 104 cm³/mol. The molecule has 0 bridgehead atoms. The van der Waals surface area contributed by atoms with Crippen LogP contribution in [0.25, 0.3) is 22.3 Å². The van der Waals surface area contributed by atoms with Crippen LogP contribution in [0.4, 0.5) is 10.2 Å². The number of para-hydroxylation sites is 2. The zero-order valence-corrected chi connectivity index (χ0v) is 14.2. The molecule has 4 aromatic rings. The zero-order chi connectivity index (χ0) is 18.6. The Bertz CT molecular complexity index is 1140. The van der Waals surface area contributed by atoms with E-state index in [0.29, 0.717) is 22.5 Å². The number of hydrogen-bond acceptors (Lipinski definition) is 5. The van der Waals surface area contributed by atoms with E-state index in [1.54, 1.807) is 42.5 Å². The molecule has 0 saturated heterocycles. The van der Waals surface area contributed by atoms with Gasteiger partial charge in [-0.3, -0.25) is 5.43 Å². The molecule has 0 aliphatic carbocycles. The lowest BCUT2D eigenvalue weighted by Gasteiger charge is -2.08. The molecule has 27 heavy (non-hydrogen) atoms. The smallest absolute Gasteiger partial charge is 0.165 e. The Morgan fingerprint density at radius 1 is 0.889 bits per heavy atom. The quantitative estimate of drug-likeness (QED) is 0.414. The summed E-state index contributed by atoms with van der Waals surface area (Å²) in [6.45, 7) is 0. The Kier molecular flexibility index (Phi) is 4.45. The van der Waals surface area contributed by atoms with Gasteiger partial charge in [0.05, 0.1) is 17.3 Å². The average Bonchev–Trinajstić information content (AvgIpc) is 2.69. The minimum absolute atomic E-state index is 0.127. The lowest BCUT2D eigenvalue weighted by Crippen LogP contribution is -2.00. The first-order valence-electron chi connectivity index (χ1n) is 8.31. The molecule has 0 aliphatic rings. The number of hydrogen-bond donors (Lipinski definition) is 2. The highest BCUT2D eigenvalue weighted by Gasteiger charge is 2.12. The van der Waals surface area contributed by atoms with Crippen LogP contribution in [-0.4, -0.2) is 21.3 Å². The van der Waals surface area contributed by atoms with Gasteiger partial charge in [0.1, 0.15) is 11.6 Å². The fourth-order valence-electron chi connectivity index (χ4n) is 2.68. The number of halogens is 1. The normalized spacial score (nSPS) is 11.1. The maximum atomic E-state index is 14.2. The van der Waals surface area contributed by atoms with Crippen molar-refractivity contribution in [2.45, 2.75) is 0 Å². The summed E-state index contributed by atoms with van der Waals surface area (Å²) in [5.41, 5.74) is 4.43. The highest BCUT2D eigenvalue weighted by Crippen LogP contribution is 2.26. The zero-order valence-electron chi connectivity index (χ0n) is 14.2. The molecule has 0 unspecified atom stereocenters. The molecule has 0 saturated carbocycles. The third-order valence-electron chi connectivity index (χ3n) is 4.03. The van der Waals surface area contributed by atoms with Crippen molar-refractivity contribution in [1.82, 2.24) is 9.97 Å². The van der Waals surface area contributed by atoms with Crippen molar-refractivity contribution in [3.8, 4) is 17.1 Å². The van der Waals surface area contributed by atoms with Crippen LogP contribution in [0.1, 0.15) is 5.56 Å². The van der Waals surface area contributed by atoms with Crippen molar-refractivity contribution in [3.05, 3.63) is 84.2 Å². The van der Waals surface area contributed by atoms with Crippen LogP contribution >= 0.6 is 0 Å². The first-order valence-corrected chi connectivity index (χ1v) is 8.31. The number of nitrogens with zero attached hydrogens (tertiary/aromatic N) is 3. The molecule has 0 fully saturated rings. The summed E-state index contributed by atoms with van der Waals surface area (Å²) in [4.78, 5) is 8.91. The monoisotopic (exact) mass is 358 g/mol. The molecule has 1 heterocycles. The number of fused-ring (bicyclic) bond motifs is 1. The SMILES string of the molecule is Oc1ccccc1/C=N\Nc1nc(-c2ccccc2F)nc2ccccc12. The number of aromatic hydroxyl groups is 1. The van der Waals surface area contributed by atoms with Crippen molar-refractivity contribution in [2.24, 2.45) is 5.10 Å². The number of anilines is 1. The molecule has 2 N–H and O–H groups in total. The van der Waals surface area contributed by atoms with Gasteiger partial charge in [0, 0.05) is 10.9 Å². The number of nitrogens with one attached hydrogen (secondary N) is 1. The maximum Gasteiger partial charge on any atom is 0.165 e. The van der Waals surface area contributed by atoms with Crippen molar-refractivity contribution < 1.29 is 9.50 Å². The summed E-state index contributed by atoms with van der Waals surface area (Å²) in [6, 6.07) is 20.6. The van der Waals surface area contributed by atoms with Crippen molar-refractivity contribution >= 4 is 22.9 Å².